The predicted octanol–water partition coefficient (Wildman–Crippen LogP) is 3.69. The first kappa shape index (κ1) is 21.4. The summed E-state index contributed by atoms with van der Waals surface area (Å²) in [5.74, 6) is 2.79. The highest BCUT2D eigenvalue weighted by atomic mass is 127. The van der Waals surface area contributed by atoms with E-state index < -0.39 is 0 Å². The van der Waals surface area contributed by atoms with E-state index in [9.17, 15) is 0 Å². The predicted molar refractivity (Wildman–Crippen MR) is 117 cm³/mol. The van der Waals surface area contributed by atoms with Crippen LogP contribution in [-0.2, 0) is 13.6 Å². The lowest BCUT2D eigenvalue weighted by Crippen LogP contribution is -2.46. The molecule has 148 valence electrons. The molecule has 26 heavy (non-hydrogen) atoms. The molecule has 0 saturated heterocycles. The number of aryl methyl sites for hydroxylation is 1. The summed E-state index contributed by atoms with van der Waals surface area (Å²) in [5.41, 5.74) is 0.458. The van der Waals surface area contributed by atoms with Crippen molar-refractivity contribution in [3.63, 3.8) is 0 Å². The maximum Gasteiger partial charge on any atom is 0.191 e. The van der Waals surface area contributed by atoms with E-state index >= 15 is 0 Å². The van der Waals surface area contributed by atoms with Gasteiger partial charge >= 0.3 is 0 Å². The third-order valence-corrected chi connectivity index (χ3v) is 6.30. The van der Waals surface area contributed by atoms with Crippen molar-refractivity contribution in [2.75, 3.05) is 6.54 Å². The standard InChI is InChI=1S/C19H34N6.HI/c1-4-19(11-7-8-12-19)14-21-18(22-16-9-5-6-10-16)20-13-17-24-23-15(2)25(17)3;/h16H,4-14H2,1-3H3,(H2,20,21,22);1H. The number of nitrogens with one attached hydrogen (secondary N) is 2. The maximum atomic E-state index is 4.83. The highest BCUT2D eigenvalue weighted by Gasteiger charge is 2.32. The lowest BCUT2D eigenvalue weighted by molar-refractivity contribution is 0.283. The van der Waals surface area contributed by atoms with Crippen molar-refractivity contribution in [1.29, 1.82) is 0 Å². The minimum atomic E-state index is 0. The lowest BCUT2D eigenvalue weighted by Gasteiger charge is -2.29. The summed E-state index contributed by atoms with van der Waals surface area (Å²) < 4.78 is 2.02. The molecular weight excluding hydrogens is 439 g/mol. The second-order valence-corrected chi connectivity index (χ2v) is 7.93. The number of guanidine groups is 1. The molecule has 7 heteroatoms. The van der Waals surface area contributed by atoms with Gasteiger partial charge < -0.3 is 15.2 Å². The van der Waals surface area contributed by atoms with Crippen molar-refractivity contribution in [2.45, 2.75) is 84.2 Å². The van der Waals surface area contributed by atoms with Crippen LogP contribution in [0.3, 0.4) is 0 Å². The molecule has 1 aromatic heterocycles. The molecule has 1 aromatic rings. The molecule has 3 rings (SSSR count). The summed E-state index contributed by atoms with van der Waals surface area (Å²) in [5, 5.41) is 15.7. The fourth-order valence-corrected chi connectivity index (χ4v) is 4.21. The van der Waals surface area contributed by atoms with Crippen LogP contribution >= 0.6 is 24.0 Å². The highest BCUT2D eigenvalue weighted by Crippen LogP contribution is 2.40. The van der Waals surface area contributed by atoms with Crippen LogP contribution in [0.25, 0.3) is 0 Å². The van der Waals surface area contributed by atoms with E-state index in [0.29, 0.717) is 18.0 Å². The molecule has 0 aliphatic heterocycles. The van der Waals surface area contributed by atoms with Crippen LogP contribution in [0, 0.1) is 12.3 Å². The fraction of sp³-hybridized carbons (Fsp3) is 0.842. The maximum absolute atomic E-state index is 4.83. The number of hydrogen-bond donors (Lipinski definition) is 2. The monoisotopic (exact) mass is 474 g/mol. The van der Waals surface area contributed by atoms with E-state index in [4.69, 9.17) is 4.99 Å². The van der Waals surface area contributed by atoms with Gasteiger partial charge in [0.2, 0.25) is 0 Å². The first-order chi connectivity index (χ1) is 12.1. The Morgan fingerprint density at radius 3 is 2.46 bits per heavy atom. The van der Waals surface area contributed by atoms with E-state index in [1.807, 2.05) is 18.5 Å². The summed E-state index contributed by atoms with van der Waals surface area (Å²) in [6, 6.07) is 0.564. The Hall–Kier alpha value is -0.860. The van der Waals surface area contributed by atoms with Crippen LogP contribution in [0.1, 0.15) is 76.4 Å². The van der Waals surface area contributed by atoms with Gasteiger partial charge in [-0.1, -0.05) is 32.6 Å². The molecule has 2 fully saturated rings. The van der Waals surface area contributed by atoms with Gasteiger partial charge in [-0.3, -0.25) is 0 Å². The minimum absolute atomic E-state index is 0. The molecule has 0 amide bonds. The molecule has 0 radical (unpaired) electrons. The first-order valence-electron chi connectivity index (χ1n) is 10.0. The fourth-order valence-electron chi connectivity index (χ4n) is 4.21. The Morgan fingerprint density at radius 1 is 1.19 bits per heavy atom. The van der Waals surface area contributed by atoms with Gasteiger partial charge in [-0.15, -0.1) is 34.2 Å². The Kier molecular flexibility index (Phi) is 8.16. The summed E-state index contributed by atoms with van der Waals surface area (Å²) >= 11 is 0. The van der Waals surface area contributed by atoms with Crippen molar-refractivity contribution < 1.29 is 0 Å². The Bertz CT molecular complexity index is 585. The summed E-state index contributed by atoms with van der Waals surface area (Å²) in [6.45, 7) is 5.90. The summed E-state index contributed by atoms with van der Waals surface area (Å²) in [6.07, 6.45) is 11.8. The van der Waals surface area contributed by atoms with Gasteiger partial charge in [-0.25, -0.2) is 4.99 Å². The Labute approximate surface area is 175 Å². The topological polar surface area (TPSA) is 67.1 Å². The van der Waals surface area contributed by atoms with Crippen molar-refractivity contribution in [3.8, 4) is 0 Å². The molecule has 2 aliphatic carbocycles. The van der Waals surface area contributed by atoms with Gasteiger partial charge in [-0.2, -0.15) is 0 Å². The number of aromatic nitrogens is 3. The van der Waals surface area contributed by atoms with Gasteiger partial charge in [0.1, 0.15) is 12.4 Å². The van der Waals surface area contributed by atoms with Crippen molar-refractivity contribution in [1.82, 2.24) is 25.4 Å². The van der Waals surface area contributed by atoms with Gasteiger partial charge in [0.25, 0.3) is 0 Å². The normalized spacial score (nSPS) is 20.2. The number of halogens is 1. The number of nitrogens with zero attached hydrogens (tertiary/aromatic N) is 4. The summed E-state index contributed by atoms with van der Waals surface area (Å²) in [7, 11) is 2.00. The smallest absolute Gasteiger partial charge is 0.191 e. The van der Waals surface area contributed by atoms with E-state index in [0.717, 1.165) is 24.2 Å². The number of aliphatic imine (C=N–C) groups is 1. The van der Waals surface area contributed by atoms with Crippen molar-refractivity contribution >= 4 is 29.9 Å². The average molecular weight is 474 g/mol. The first-order valence-corrected chi connectivity index (χ1v) is 10.0. The lowest BCUT2D eigenvalue weighted by atomic mass is 9.83. The molecule has 0 spiro atoms. The van der Waals surface area contributed by atoms with Crippen molar-refractivity contribution in [2.24, 2.45) is 17.5 Å². The van der Waals surface area contributed by atoms with Gasteiger partial charge in [0.15, 0.2) is 11.8 Å². The molecule has 2 N–H and O–H groups in total. The Morgan fingerprint density at radius 2 is 1.88 bits per heavy atom. The third-order valence-electron chi connectivity index (χ3n) is 6.30. The van der Waals surface area contributed by atoms with Crippen LogP contribution in [0.2, 0.25) is 0 Å². The SMILES string of the molecule is CCC1(CNC(=NCc2nnc(C)n2C)NC2CCCC2)CCCC1.I. The minimum Gasteiger partial charge on any atom is -0.356 e. The molecule has 2 saturated carbocycles. The zero-order chi connectivity index (χ0) is 17.7. The zero-order valence-corrected chi connectivity index (χ0v) is 18.9. The second kappa shape index (κ2) is 9.90. The second-order valence-electron chi connectivity index (χ2n) is 7.93. The van der Waals surface area contributed by atoms with Gasteiger partial charge in [0.05, 0.1) is 0 Å². The van der Waals surface area contributed by atoms with E-state index in [2.05, 4.69) is 27.8 Å². The third kappa shape index (κ3) is 5.33. The van der Waals surface area contributed by atoms with E-state index in [1.165, 1.54) is 57.8 Å². The molecule has 0 aromatic carbocycles. The number of hydrogen-bond acceptors (Lipinski definition) is 3. The van der Waals surface area contributed by atoms with Crippen LogP contribution in [0.4, 0.5) is 0 Å². The Balaban J connectivity index is 0.00000243. The quantitative estimate of drug-likeness (QED) is 0.375. The largest absolute Gasteiger partial charge is 0.356 e. The van der Waals surface area contributed by atoms with Crippen LogP contribution in [-0.4, -0.2) is 33.3 Å². The molecule has 0 atom stereocenters. The molecular formula is C19H35IN6. The van der Waals surface area contributed by atoms with Crippen LogP contribution in [0.15, 0.2) is 4.99 Å². The molecule has 2 aliphatic rings. The summed E-state index contributed by atoms with van der Waals surface area (Å²) in [4.78, 5) is 4.83. The zero-order valence-electron chi connectivity index (χ0n) is 16.6. The van der Waals surface area contributed by atoms with Crippen LogP contribution in [0.5, 0.6) is 0 Å². The highest BCUT2D eigenvalue weighted by molar-refractivity contribution is 14.0. The number of rotatable bonds is 6. The van der Waals surface area contributed by atoms with E-state index in [-0.39, 0.29) is 24.0 Å². The molecule has 0 unspecified atom stereocenters. The molecule has 1 heterocycles. The van der Waals surface area contributed by atoms with Crippen LogP contribution < -0.4 is 10.6 Å². The van der Waals surface area contributed by atoms with Gasteiger partial charge in [-0.05, 0) is 44.4 Å². The van der Waals surface area contributed by atoms with E-state index in [1.54, 1.807) is 0 Å². The molecule has 6 nitrogen and oxygen atoms in total. The molecule has 0 bridgehead atoms. The van der Waals surface area contributed by atoms with Crippen molar-refractivity contribution in [3.05, 3.63) is 11.6 Å². The van der Waals surface area contributed by atoms with Gasteiger partial charge in [0, 0.05) is 19.6 Å². The average Bonchev–Trinajstić information content (AvgIpc) is 3.35.